The fourth-order valence-electron chi connectivity index (χ4n) is 5.34. The maximum absolute atomic E-state index is 13.1. The van der Waals surface area contributed by atoms with Crippen LogP contribution in [0.1, 0.15) is 48.2 Å². The fraction of sp³-hybridized carbons (Fsp3) is 0.294. The summed E-state index contributed by atoms with van der Waals surface area (Å²) in [6.07, 6.45) is 3.30. The van der Waals surface area contributed by atoms with Crippen molar-refractivity contribution in [3.63, 3.8) is 0 Å². The van der Waals surface area contributed by atoms with Crippen LogP contribution in [0.3, 0.4) is 0 Å². The fourth-order valence-corrected chi connectivity index (χ4v) is 5.46. The summed E-state index contributed by atoms with van der Waals surface area (Å²) in [5.74, 6) is 0.654. The van der Waals surface area contributed by atoms with E-state index >= 15 is 0 Å². The molecule has 44 heavy (non-hydrogen) atoms. The van der Waals surface area contributed by atoms with E-state index < -0.39 is 5.09 Å². The van der Waals surface area contributed by atoms with Gasteiger partial charge >= 0.3 is 0 Å². The number of halogens is 1. The smallest absolute Gasteiger partial charge is 0.294 e. The van der Waals surface area contributed by atoms with Crippen LogP contribution >= 0.6 is 11.6 Å². The van der Waals surface area contributed by atoms with Gasteiger partial charge in [-0.15, -0.1) is 10.1 Å². The lowest BCUT2D eigenvalue weighted by Gasteiger charge is -2.10. The highest BCUT2D eigenvalue weighted by atomic mass is 35.5. The van der Waals surface area contributed by atoms with Gasteiger partial charge in [-0.3, -0.25) is 4.79 Å². The lowest BCUT2D eigenvalue weighted by atomic mass is 10.1. The van der Waals surface area contributed by atoms with Gasteiger partial charge in [-0.05, 0) is 73.4 Å². The number of unbranched alkanes of at least 4 members (excludes halogenated alkanes) is 3. The number of amides is 1. The molecule has 2 aromatic heterocycles. The molecule has 0 saturated heterocycles. The van der Waals surface area contributed by atoms with Gasteiger partial charge in [0.1, 0.15) is 12.4 Å². The van der Waals surface area contributed by atoms with Gasteiger partial charge in [-0.1, -0.05) is 60.8 Å². The van der Waals surface area contributed by atoms with E-state index in [9.17, 15) is 14.9 Å². The number of fused-ring (bicyclic) bond motifs is 2. The molecule has 0 saturated carbocycles. The van der Waals surface area contributed by atoms with Crippen LogP contribution in [0, 0.1) is 17.0 Å². The van der Waals surface area contributed by atoms with E-state index in [2.05, 4.69) is 14.7 Å². The summed E-state index contributed by atoms with van der Waals surface area (Å²) in [4.78, 5) is 32.4. The SMILES string of the molecule is Cc1c(CC(=O)NCCCCCCO[N+](=O)[O-])c2cc(OCc3ccc4ccccc4n3)ccc2n1Cc1ccc(Cl)cc1. The molecular formula is C34H35ClN4O5. The highest BCUT2D eigenvalue weighted by Crippen LogP contribution is 2.31. The standard InChI is InChI=1S/C34H35ClN4O5/c1-24-30(21-34(40)36-18-6-2-3-7-19-44-39(41)42)31-20-29(43-23-28-15-12-26-8-4-5-9-32(26)37-28)16-17-33(31)38(24)22-25-10-13-27(35)14-11-25/h4-5,8-17,20H,2-3,6-7,18-19,21-23H2,1H3,(H,36,40). The minimum Gasteiger partial charge on any atom is -0.487 e. The zero-order chi connectivity index (χ0) is 30.9. The van der Waals surface area contributed by atoms with Crippen LogP contribution in [0.25, 0.3) is 21.8 Å². The molecule has 0 aliphatic rings. The first kappa shape index (κ1) is 30.8. The molecule has 5 rings (SSSR count). The summed E-state index contributed by atoms with van der Waals surface area (Å²) in [5.41, 5.74) is 5.87. The molecule has 0 spiro atoms. The Morgan fingerprint density at radius 1 is 1.00 bits per heavy atom. The lowest BCUT2D eigenvalue weighted by Crippen LogP contribution is -2.26. The third-order valence-electron chi connectivity index (χ3n) is 7.65. The predicted molar refractivity (Wildman–Crippen MR) is 171 cm³/mol. The average Bonchev–Trinajstić information content (AvgIpc) is 3.27. The monoisotopic (exact) mass is 614 g/mol. The van der Waals surface area contributed by atoms with Crippen LogP contribution in [-0.4, -0.2) is 33.7 Å². The van der Waals surface area contributed by atoms with E-state index in [1.165, 1.54) is 0 Å². The molecule has 9 nitrogen and oxygen atoms in total. The van der Waals surface area contributed by atoms with Crippen LogP contribution in [-0.2, 0) is 29.2 Å². The molecule has 5 aromatic rings. The second-order valence-corrected chi connectivity index (χ2v) is 11.2. The molecule has 3 aromatic carbocycles. The Bertz CT molecular complexity index is 1750. The van der Waals surface area contributed by atoms with Crippen molar-refractivity contribution in [2.24, 2.45) is 0 Å². The number of rotatable bonds is 15. The molecule has 1 N–H and O–H groups in total. The number of nitrogens with zero attached hydrogens (tertiary/aromatic N) is 3. The molecule has 0 atom stereocenters. The van der Waals surface area contributed by atoms with Crippen molar-refractivity contribution in [1.29, 1.82) is 0 Å². The molecular weight excluding hydrogens is 580 g/mol. The minimum atomic E-state index is -0.772. The minimum absolute atomic E-state index is 0.0537. The van der Waals surface area contributed by atoms with E-state index in [1.807, 2.05) is 85.8 Å². The van der Waals surface area contributed by atoms with Gasteiger partial charge in [-0.25, -0.2) is 4.98 Å². The number of para-hydroxylation sites is 1. The van der Waals surface area contributed by atoms with Gasteiger partial charge in [0.25, 0.3) is 5.09 Å². The quantitative estimate of drug-likeness (QED) is 0.0758. The van der Waals surface area contributed by atoms with E-state index in [0.29, 0.717) is 36.9 Å². The van der Waals surface area contributed by atoms with Gasteiger partial charge in [-0.2, -0.15) is 0 Å². The molecule has 10 heteroatoms. The number of ether oxygens (including phenoxy) is 1. The number of hydrogen-bond acceptors (Lipinski definition) is 6. The molecule has 0 aliphatic heterocycles. The zero-order valence-electron chi connectivity index (χ0n) is 24.6. The maximum atomic E-state index is 13.1. The summed E-state index contributed by atoms with van der Waals surface area (Å²) in [6, 6.07) is 25.8. The number of carbonyl (C=O) groups is 1. The molecule has 0 fully saturated rings. The van der Waals surface area contributed by atoms with Crippen LogP contribution < -0.4 is 10.1 Å². The van der Waals surface area contributed by atoms with Crippen molar-refractivity contribution in [3.05, 3.63) is 117 Å². The average molecular weight is 615 g/mol. The zero-order valence-corrected chi connectivity index (χ0v) is 25.4. The summed E-state index contributed by atoms with van der Waals surface area (Å²) in [6.45, 7) is 3.66. The normalized spacial score (nSPS) is 11.1. The van der Waals surface area contributed by atoms with Gasteiger partial charge in [0.2, 0.25) is 5.91 Å². The van der Waals surface area contributed by atoms with Crippen molar-refractivity contribution in [3.8, 4) is 5.75 Å². The third-order valence-corrected chi connectivity index (χ3v) is 7.90. The Hall–Kier alpha value is -4.63. The Kier molecular flexibility index (Phi) is 10.3. The Morgan fingerprint density at radius 2 is 1.80 bits per heavy atom. The third kappa shape index (κ3) is 8.05. The number of hydrogen-bond donors (Lipinski definition) is 1. The summed E-state index contributed by atoms with van der Waals surface area (Å²) in [7, 11) is 0. The largest absolute Gasteiger partial charge is 0.487 e. The number of pyridine rings is 1. The molecule has 1 amide bonds. The summed E-state index contributed by atoms with van der Waals surface area (Å²) in [5, 5.41) is 15.2. The van der Waals surface area contributed by atoms with E-state index in [1.54, 1.807) is 0 Å². The second-order valence-electron chi connectivity index (χ2n) is 10.7. The van der Waals surface area contributed by atoms with Gasteiger partial charge < -0.3 is 19.5 Å². The van der Waals surface area contributed by atoms with Crippen molar-refractivity contribution >= 4 is 39.3 Å². The van der Waals surface area contributed by atoms with Gasteiger partial charge in [0, 0.05) is 40.1 Å². The van der Waals surface area contributed by atoms with Crippen LogP contribution in [0.15, 0.2) is 78.9 Å². The maximum Gasteiger partial charge on any atom is 0.294 e. The number of carbonyl (C=O) groups excluding carboxylic acids is 1. The lowest BCUT2D eigenvalue weighted by molar-refractivity contribution is -0.757. The van der Waals surface area contributed by atoms with E-state index in [0.717, 1.165) is 63.6 Å². The van der Waals surface area contributed by atoms with Gasteiger partial charge in [0.15, 0.2) is 0 Å². The number of aromatic nitrogens is 2. The van der Waals surface area contributed by atoms with Crippen molar-refractivity contribution in [2.75, 3.05) is 13.2 Å². The Balaban J connectivity index is 1.30. The predicted octanol–water partition coefficient (Wildman–Crippen LogP) is 7.21. The first-order valence-corrected chi connectivity index (χ1v) is 15.1. The summed E-state index contributed by atoms with van der Waals surface area (Å²) >= 11 is 6.12. The van der Waals surface area contributed by atoms with Crippen LogP contribution in [0.2, 0.25) is 5.02 Å². The van der Waals surface area contributed by atoms with Crippen LogP contribution in [0.4, 0.5) is 0 Å². The molecule has 0 bridgehead atoms. The van der Waals surface area contributed by atoms with Crippen molar-refractivity contribution in [1.82, 2.24) is 14.9 Å². The molecule has 2 heterocycles. The second kappa shape index (κ2) is 14.7. The highest BCUT2D eigenvalue weighted by molar-refractivity contribution is 6.30. The van der Waals surface area contributed by atoms with Crippen LogP contribution in [0.5, 0.6) is 5.75 Å². The first-order valence-electron chi connectivity index (χ1n) is 14.7. The summed E-state index contributed by atoms with van der Waals surface area (Å²) < 4.78 is 8.41. The Morgan fingerprint density at radius 3 is 2.61 bits per heavy atom. The van der Waals surface area contributed by atoms with Crippen molar-refractivity contribution < 1.29 is 19.5 Å². The topological polar surface area (TPSA) is 109 Å². The van der Waals surface area contributed by atoms with Gasteiger partial charge in [0.05, 0.1) is 24.2 Å². The molecule has 0 aliphatic carbocycles. The molecule has 0 radical (unpaired) electrons. The highest BCUT2D eigenvalue weighted by Gasteiger charge is 2.18. The van der Waals surface area contributed by atoms with E-state index in [-0.39, 0.29) is 18.9 Å². The number of nitrogens with one attached hydrogen (secondary N) is 1. The molecule has 228 valence electrons. The molecule has 0 unspecified atom stereocenters. The Labute approximate surface area is 260 Å². The van der Waals surface area contributed by atoms with E-state index in [4.69, 9.17) is 21.3 Å². The van der Waals surface area contributed by atoms with Crippen molar-refractivity contribution in [2.45, 2.75) is 52.2 Å². The first-order chi connectivity index (χ1) is 21.4. The number of benzene rings is 3.